The predicted molar refractivity (Wildman–Crippen MR) is 146 cm³/mol. The number of carbonyl (C=O) groups is 4. The fourth-order valence-corrected chi connectivity index (χ4v) is 9.55. The Morgan fingerprint density at radius 3 is 2.62 bits per heavy atom. The van der Waals surface area contributed by atoms with Gasteiger partial charge < -0.3 is 10.2 Å². The second-order valence-electron chi connectivity index (χ2n) is 10.2. The van der Waals surface area contributed by atoms with Crippen molar-refractivity contribution in [3.63, 3.8) is 0 Å². The molecule has 39 heavy (non-hydrogen) atoms. The first-order valence-electron chi connectivity index (χ1n) is 12.8. The Bertz CT molecular complexity index is 1550. The van der Waals surface area contributed by atoms with Crippen molar-refractivity contribution in [1.29, 1.82) is 0 Å². The second kappa shape index (κ2) is 9.88. The normalized spacial score (nSPS) is 23.2. The molecule has 0 aromatic carbocycles. The average Bonchev–Trinajstić information content (AvgIpc) is 3.71. The Morgan fingerprint density at radius 2 is 1.90 bits per heavy atom. The molecule has 2 saturated heterocycles. The van der Waals surface area contributed by atoms with Gasteiger partial charge in [0.05, 0.1) is 23.0 Å². The summed E-state index contributed by atoms with van der Waals surface area (Å²) in [7, 11) is -4.50. The molecular weight excluding hydrogens is 561 g/mol. The Hall–Kier alpha value is -3.00. The van der Waals surface area contributed by atoms with Gasteiger partial charge in [0, 0.05) is 28.3 Å². The van der Waals surface area contributed by atoms with E-state index in [0.717, 1.165) is 33.0 Å². The topological polar surface area (TPSA) is 134 Å². The lowest BCUT2D eigenvalue weighted by Crippen LogP contribution is -2.62. The van der Waals surface area contributed by atoms with E-state index in [1.807, 2.05) is 17.5 Å². The number of pyridine rings is 1. The first-order valence-corrected chi connectivity index (χ1v) is 15.9. The molecule has 3 aromatic rings. The molecule has 2 amide bonds. The van der Waals surface area contributed by atoms with Crippen LogP contribution in [0.25, 0.3) is 9.40 Å². The third-order valence-corrected chi connectivity index (χ3v) is 11.7. The molecular formula is C26H26N4O6S3. The molecule has 3 fully saturated rings. The molecule has 1 saturated carbocycles. The highest BCUT2D eigenvalue weighted by atomic mass is 32.2. The maximum Gasteiger partial charge on any atom is 0.293 e. The molecule has 3 aromatic heterocycles. The van der Waals surface area contributed by atoms with E-state index >= 15 is 0 Å². The number of Topliss-reactive ketones (excluding diaryl/α,β-unsaturated/α-hetero) is 1. The largest absolute Gasteiger partial charge is 0.337 e. The van der Waals surface area contributed by atoms with Gasteiger partial charge >= 0.3 is 0 Å². The summed E-state index contributed by atoms with van der Waals surface area (Å²) in [5, 5.41) is 3.87. The number of rotatable bonds is 5. The Morgan fingerprint density at radius 1 is 1.10 bits per heavy atom. The van der Waals surface area contributed by atoms with Gasteiger partial charge in [-0.2, -0.15) is 4.31 Å². The van der Waals surface area contributed by atoms with Crippen LogP contribution in [0.15, 0.2) is 42.0 Å². The van der Waals surface area contributed by atoms with Crippen LogP contribution in [-0.4, -0.2) is 76.0 Å². The van der Waals surface area contributed by atoms with Gasteiger partial charge in [-0.3, -0.25) is 24.2 Å². The van der Waals surface area contributed by atoms with Crippen LogP contribution in [-0.2, 0) is 19.6 Å². The number of fused-ring (bicyclic) bond motifs is 2. The summed E-state index contributed by atoms with van der Waals surface area (Å²) in [6, 6.07) is 4.80. The number of ketones is 1. The molecule has 0 spiro atoms. The van der Waals surface area contributed by atoms with Gasteiger partial charge in [0.15, 0.2) is 5.78 Å². The monoisotopic (exact) mass is 586 g/mol. The van der Waals surface area contributed by atoms with E-state index in [2.05, 4.69) is 10.3 Å². The SMILES string of the molecule is O=C(NC1(C(=O)N2CCC3C2C(=O)CN3S(=O)(=O)C(=O)c2cccnc2)CCCCC1)c1cc2sccc2s1. The summed E-state index contributed by atoms with van der Waals surface area (Å²) in [5.74, 6) is -1.10. The van der Waals surface area contributed by atoms with Crippen LogP contribution in [0.5, 0.6) is 0 Å². The summed E-state index contributed by atoms with van der Waals surface area (Å²) in [6.07, 6.45) is 6.16. The third-order valence-electron chi connectivity index (χ3n) is 7.91. The first-order chi connectivity index (χ1) is 18.7. The molecule has 10 nitrogen and oxygen atoms in total. The molecule has 1 aliphatic carbocycles. The van der Waals surface area contributed by atoms with E-state index in [4.69, 9.17) is 0 Å². The van der Waals surface area contributed by atoms with E-state index < -0.39 is 45.1 Å². The summed E-state index contributed by atoms with van der Waals surface area (Å²) >= 11 is 2.92. The minimum absolute atomic E-state index is 0.0864. The highest BCUT2D eigenvalue weighted by Crippen LogP contribution is 2.38. The van der Waals surface area contributed by atoms with Crippen molar-refractivity contribution in [3.05, 3.63) is 52.5 Å². The number of aromatic nitrogens is 1. The first kappa shape index (κ1) is 26.2. The highest BCUT2D eigenvalue weighted by Gasteiger charge is 2.57. The minimum atomic E-state index is -4.50. The highest BCUT2D eigenvalue weighted by molar-refractivity contribution is 8.04. The van der Waals surface area contributed by atoms with Gasteiger partial charge in [-0.1, -0.05) is 19.3 Å². The number of thiophene rings is 2. The molecule has 204 valence electrons. The number of hydrogen-bond donors (Lipinski definition) is 1. The van der Waals surface area contributed by atoms with Crippen LogP contribution in [0.4, 0.5) is 0 Å². The van der Waals surface area contributed by atoms with E-state index in [9.17, 15) is 27.6 Å². The molecule has 13 heteroatoms. The molecule has 5 heterocycles. The van der Waals surface area contributed by atoms with Crippen molar-refractivity contribution in [3.8, 4) is 0 Å². The molecule has 2 unspecified atom stereocenters. The summed E-state index contributed by atoms with van der Waals surface area (Å²) in [4.78, 5) is 59.3. The van der Waals surface area contributed by atoms with E-state index in [1.165, 1.54) is 40.8 Å². The van der Waals surface area contributed by atoms with Crippen molar-refractivity contribution in [2.45, 2.75) is 56.1 Å². The van der Waals surface area contributed by atoms with Gasteiger partial charge in [-0.05, 0) is 48.9 Å². The van der Waals surface area contributed by atoms with Gasteiger partial charge in [-0.25, -0.2) is 8.42 Å². The number of hydrogen-bond acceptors (Lipinski definition) is 9. The Kier molecular flexibility index (Phi) is 6.64. The number of carbonyl (C=O) groups excluding carboxylic acids is 4. The number of sulfonamides is 1. The zero-order valence-corrected chi connectivity index (χ0v) is 23.3. The Balaban J connectivity index is 1.25. The lowest BCUT2D eigenvalue weighted by Gasteiger charge is -2.40. The van der Waals surface area contributed by atoms with Crippen molar-refractivity contribution < 1.29 is 27.6 Å². The van der Waals surface area contributed by atoms with E-state index in [-0.39, 0.29) is 30.3 Å². The lowest BCUT2D eigenvalue weighted by molar-refractivity contribution is -0.143. The fraction of sp³-hybridized carbons (Fsp3) is 0.423. The van der Waals surface area contributed by atoms with Crippen LogP contribution >= 0.6 is 22.7 Å². The van der Waals surface area contributed by atoms with Gasteiger partial charge in [0.2, 0.25) is 5.91 Å². The van der Waals surface area contributed by atoms with E-state index in [1.54, 1.807) is 11.3 Å². The van der Waals surface area contributed by atoms with Gasteiger partial charge in [0.1, 0.15) is 11.6 Å². The van der Waals surface area contributed by atoms with Crippen LogP contribution in [0, 0.1) is 0 Å². The predicted octanol–water partition coefficient (Wildman–Crippen LogP) is 2.81. The maximum atomic E-state index is 14.1. The molecule has 2 aliphatic heterocycles. The van der Waals surface area contributed by atoms with Gasteiger partial charge in [-0.15, -0.1) is 22.7 Å². The third kappa shape index (κ3) is 4.41. The number of nitrogens with zero attached hydrogens (tertiary/aromatic N) is 3. The molecule has 6 rings (SSSR count). The minimum Gasteiger partial charge on any atom is -0.337 e. The molecule has 0 bridgehead atoms. The number of nitrogens with one attached hydrogen (secondary N) is 1. The lowest BCUT2D eigenvalue weighted by atomic mass is 9.80. The summed E-state index contributed by atoms with van der Waals surface area (Å²) in [6.45, 7) is -0.307. The van der Waals surface area contributed by atoms with Crippen LogP contribution in [0.3, 0.4) is 0 Å². The zero-order chi connectivity index (χ0) is 27.4. The molecule has 3 aliphatic rings. The van der Waals surface area contributed by atoms with Crippen LogP contribution in [0.1, 0.15) is 58.6 Å². The van der Waals surface area contributed by atoms with Crippen molar-refractivity contribution in [1.82, 2.24) is 19.5 Å². The maximum absolute atomic E-state index is 14.1. The van der Waals surface area contributed by atoms with Crippen molar-refractivity contribution >= 4 is 64.8 Å². The number of likely N-dealkylation sites (tertiary alicyclic amines) is 1. The fourth-order valence-electron chi connectivity index (χ4n) is 6.04. The zero-order valence-electron chi connectivity index (χ0n) is 20.9. The molecule has 2 atom stereocenters. The van der Waals surface area contributed by atoms with Crippen LogP contribution in [0.2, 0.25) is 0 Å². The van der Waals surface area contributed by atoms with Crippen molar-refractivity contribution in [2.24, 2.45) is 0 Å². The standard InChI is InChI=1S/C26H26N4O6S3/c31-18-15-30(39(35,36)24(33)16-5-4-10-27-14-16)17-6-11-29(22(17)18)25(34)26(8-2-1-3-9-26)28-23(32)21-13-20-19(38-21)7-12-37-20/h4-5,7,10,12-14,17,22H,1-3,6,8-9,11,15H2,(H,28,32). The Labute approximate surface area is 233 Å². The quantitative estimate of drug-likeness (QED) is 0.486. The second-order valence-corrected chi connectivity index (χ2v) is 14.0. The van der Waals surface area contributed by atoms with Crippen LogP contribution < -0.4 is 5.32 Å². The summed E-state index contributed by atoms with van der Waals surface area (Å²) < 4.78 is 29.5. The smallest absolute Gasteiger partial charge is 0.293 e. The average molecular weight is 587 g/mol. The molecule has 1 N–H and O–H groups in total. The van der Waals surface area contributed by atoms with Gasteiger partial charge in [0.25, 0.3) is 21.0 Å². The number of amides is 2. The molecule has 0 radical (unpaired) electrons. The van der Waals surface area contributed by atoms with E-state index in [0.29, 0.717) is 17.7 Å². The van der Waals surface area contributed by atoms with Crippen molar-refractivity contribution in [2.75, 3.05) is 13.1 Å². The summed E-state index contributed by atoms with van der Waals surface area (Å²) in [5.41, 5.74) is -1.25.